The van der Waals surface area contributed by atoms with E-state index < -0.39 is 9.84 Å². The molecule has 0 saturated heterocycles. The third-order valence-corrected chi connectivity index (χ3v) is 5.36. The molecule has 2 N–H and O–H groups in total. The van der Waals surface area contributed by atoms with Crippen molar-refractivity contribution in [3.05, 3.63) is 10.6 Å². The van der Waals surface area contributed by atoms with Gasteiger partial charge in [0.1, 0.15) is 9.84 Å². The SMILES string of the molecule is CCc1nnsc1C(N)CCCS(=O)(=O)CC. The lowest BCUT2D eigenvalue weighted by Crippen LogP contribution is -2.14. The highest BCUT2D eigenvalue weighted by Crippen LogP contribution is 2.22. The molecule has 0 aliphatic rings. The molecule has 0 aliphatic heterocycles. The van der Waals surface area contributed by atoms with E-state index in [0.717, 1.165) is 17.0 Å². The highest BCUT2D eigenvalue weighted by molar-refractivity contribution is 7.91. The molecule has 0 amide bonds. The lowest BCUT2D eigenvalue weighted by atomic mass is 10.1. The van der Waals surface area contributed by atoms with Crippen LogP contribution in [-0.4, -0.2) is 29.5 Å². The maximum Gasteiger partial charge on any atom is 0.150 e. The van der Waals surface area contributed by atoms with Crippen LogP contribution in [0.4, 0.5) is 0 Å². The molecule has 0 aromatic carbocycles. The molecule has 0 aliphatic carbocycles. The van der Waals surface area contributed by atoms with E-state index in [1.54, 1.807) is 6.92 Å². The summed E-state index contributed by atoms with van der Waals surface area (Å²) in [4.78, 5) is 0.987. The Hall–Kier alpha value is -0.530. The number of sulfone groups is 1. The van der Waals surface area contributed by atoms with Crippen molar-refractivity contribution in [1.29, 1.82) is 0 Å². The number of nitrogens with two attached hydrogens (primary N) is 1. The third kappa shape index (κ3) is 4.33. The fraction of sp³-hybridized carbons (Fsp3) is 0.800. The highest BCUT2D eigenvalue weighted by Gasteiger charge is 2.15. The number of aryl methyl sites for hydroxylation is 1. The van der Waals surface area contributed by atoms with E-state index in [4.69, 9.17) is 5.73 Å². The van der Waals surface area contributed by atoms with Gasteiger partial charge in [0, 0.05) is 11.8 Å². The van der Waals surface area contributed by atoms with Crippen molar-refractivity contribution in [1.82, 2.24) is 9.59 Å². The lowest BCUT2D eigenvalue weighted by molar-refractivity contribution is 0.584. The molecule has 1 unspecified atom stereocenters. The first kappa shape index (κ1) is 14.5. The average Bonchev–Trinajstić information content (AvgIpc) is 2.76. The Morgan fingerprint density at radius 2 is 2.12 bits per heavy atom. The van der Waals surface area contributed by atoms with E-state index in [-0.39, 0.29) is 17.5 Å². The van der Waals surface area contributed by atoms with Crippen LogP contribution in [0.3, 0.4) is 0 Å². The summed E-state index contributed by atoms with van der Waals surface area (Å²) in [5.74, 6) is 0.412. The summed E-state index contributed by atoms with van der Waals surface area (Å²) in [6.45, 7) is 3.67. The fourth-order valence-corrected chi connectivity index (χ4v) is 3.21. The van der Waals surface area contributed by atoms with E-state index in [0.29, 0.717) is 12.8 Å². The summed E-state index contributed by atoms with van der Waals surface area (Å²) >= 11 is 1.31. The molecule has 5 nitrogen and oxygen atoms in total. The van der Waals surface area contributed by atoms with Crippen molar-refractivity contribution < 1.29 is 8.42 Å². The van der Waals surface area contributed by atoms with Gasteiger partial charge in [-0.25, -0.2) is 8.42 Å². The van der Waals surface area contributed by atoms with Gasteiger partial charge in [0.2, 0.25) is 0 Å². The van der Waals surface area contributed by atoms with Crippen LogP contribution in [0.2, 0.25) is 0 Å². The molecule has 1 atom stereocenters. The van der Waals surface area contributed by atoms with Crippen LogP contribution < -0.4 is 5.73 Å². The zero-order valence-corrected chi connectivity index (χ0v) is 11.9. The lowest BCUT2D eigenvalue weighted by Gasteiger charge is -2.09. The third-order valence-electron chi connectivity index (χ3n) is 2.67. The van der Waals surface area contributed by atoms with Crippen LogP contribution in [0.5, 0.6) is 0 Å². The van der Waals surface area contributed by atoms with Gasteiger partial charge in [-0.2, -0.15) is 0 Å². The van der Waals surface area contributed by atoms with Crippen LogP contribution in [-0.2, 0) is 16.3 Å². The maximum atomic E-state index is 11.3. The van der Waals surface area contributed by atoms with Crippen LogP contribution in [0, 0.1) is 0 Å². The summed E-state index contributed by atoms with van der Waals surface area (Å²) in [6.07, 6.45) is 2.07. The molecule has 0 radical (unpaired) electrons. The molecule has 7 heteroatoms. The Balaban J connectivity index is 2.48. The number of rotatable bonds is 7. The molecule has 98 valence electrons. The molecule has 1 heterocycles. The average molecular weight is 277 g/mol. The second-order valence-corrected chi connectivity index (χ2v) is 7.18. The van der Waals surface area contributed by atoms with Crippen molar-refractivity contribution >= 4 is 21.4 Å². The van der Waals surface area contributed by atoms with E-state index in [9.17, 15) is 8.42 Å². The minimum absolute atomic E-state index is 0.142. The van der Waals surface area contributed by atoms with Gasteiger partial charge >= 0.3 is 0 Å². The highest BCUT2D eigenvalue weighted by atomic mass is 32.2. The summed E-state index contributed by atoms with van der Waals surface area (Å²) in [5.41, 5.74) is 6.95. The van der Waals surface area contributed by atoms with Crippen molar-refractivity contribution in [2.75, 3.05) is 11.5 Å². The largest absolute Gasteiger partial charge is 0.323 e. The summed E-state index contributed by atoms with van der Waals surface area (Å²) in [7, 11) is -2.88. The Bertz CT molecular complexity index is 442. The molecule has 1 aromatic rings. The Morgan fingerprint density at radius 1 is 1.41 bits per heavy atom. The van der Waals surface area contributed by atoms with E-state index in [1.807, 2.05) is 6.92 Å². The van der Waals surface area contributed by atoms with Crippen LogP contribution in [0.15, 0.2) is 0 Å². The Kier molecular flexibility index (Phi) is 5.48. The molecule has 1 rings (SSSR count). The number of hydrogen-bond acceptors (Lipinski definition) is 6. The Morgan fingerprint density at radius 3 is 2.71 bits per heavy atom. The predicted molar refractivity (Wildman–Crippen MR) is 69.8 cm³/mol. The molecule has 0 saturated carbocycles. The maximum absolute atomic E-state index is 11.3. The molecule has 1 aromatic heterocycles. The van der Waals surface area contributed by atoms with Crippen molar-refractivity contribution in [2.24, 2.45) is 5.73 Å². The zero-order chi connectivity index (χ0) is 12.9. The van der Waals surface area contributed by atoms with Gasteiger partial charge in [0.15, 0.2) is 0 Å². The molecular weight excluding hydrogens is 258 g/mol. The summed E-state index contributed by atoms with van der Waals surface area (Å²) in [5, 5.41) is 4.00. The van der Waals surface area contributed by atoms with Crippen LogP contribution in [0.25, 0.3) is 0 Å². The van der Waals surface area contributed by atoms with Crippen molar-refractivity contribution in [3.8, 4) is 0 Å². The number of nitrogens with zero attached hydrogens (tertiary/aromatic N) is 2. The topological polar surface area (TPSA) is 85.9 Å². The van der Waals surface area contributed by atoms with E-state index in [2.05, 4.69) is 9.59 Å². The number of hydrogen-bond donors (Lipinski definition) is 1. The summed E-state index contributed by atoms with van der Waals surface area (Å²) in [6, 6.07) is -0.142. The van der Waals surface area contributed by atoms with Gasteiger partial charge in [-0.15, -0.1) is 5.10 Å². The molecule has 17 heavy (non-hydrogen) atoms. The second kappa shape index (κ2) is 6.42. The van der Waals surface area contributed by atoms with E-state index in [1.165, 1.54) is 11.5 Å². The quantitative estimate of drug-likeness (QED) is 0.812. The standard InChI is InChI=1S/C10H19N3O2S2/c1-3-9-10(16-13-12-9)8(11)6-5-7-17(14,15)4-2/h8H,3-7,11H2,1-2H3. The minimum atomic E-state index is -2.88. The minimum Gasteiger partial charge on any atom is -0.323 e. The molecule has 0 bridgehead atoms. The predicted octanol–water partition coefficient (Wildman–Crippen LogP) is 1.32. The van der Waals surface area contributed by atoms with Crippen molar-refractivity contribution in [2.45, 2.75) is 39.2 Å². The Labute approximate surface area is 107 Å². The van der Waals surface area contributed by atoms with Gasteiger partial charge in [-0.1, -0.05) is 18.3 Å². The van der Waals surface area contributed by atoms with Gasteiger partial charge < -0.3 is 5.73 Å². The first-order valence-corrected chi connectivity index (χ1v) is 8.36. The van der Waals surface area contributed by atoms with Crippen molar-refractivity contribution in [3.63, 3.8) is 0 Å². The fourth-order valence-electron chi connectivity index (χ4n) is 1.54. The van der Waals surface area contributed by atoms with Crippen LogP contribution >= 0.6 is 11.5 Å². The molecule has 0 fully saturated rings. The summed E-state index contributed by atoms with van der Waals surface area (Å²) < 4.78 is 26.5. The monoisotopic (exact) mass is 277 g/mol. The smallest absolute Gasteiger partial charge is 0.150 e. The van der Waals surface area contributed by atoms with Crippen LogP contribution in [0.1, 0.15) is 43.3 Å². The van der Waals surface area contributed by atoms with Gasteiger partial charge in [-0.05, 0) is 30.8 Å². The van der Waals surface area contributed by atoms with Gasteiger partial charge in [0.05, 0.1) is 16.3 Å². The zero-order valence-electron chi connectivity index (χ0n) is 10.2. The molecular formula is C10H19N3O2S2. The molecule has 0 spiro atoms. The van der Waals surface area contributed by atoms with Gasteiger partial charge in [-0.3, -0.25) is 0 Å². The second-order valence-electron chi connectivity index (χ2n) is 3.92. The normalized spacial score (nSPS) is 13.8. The van der Waals surface area contributed by atoms with E-state index >= 15 is 0 Å². The first-order valence-electron chi connectivity index (χ1n) is 5.77. The first-order chi connectivity index (χ1) is 8.00. The number of aromatic nitrogens is 2. The van der Waals surface area contributed by atoms with Gasteiger partial charge in [0.25, 0.3) is 0 Å².